The molecule has 0 atom stereocenters. The first-order valence-electron chi connectivity index (χ1n) is 5.27. The van der Waals surface area contributed by atoms with Crippen LogP contribution in [0.4, 0.5) is 5.69 Å². The maximum atomic E-state index is 3.98. The summed E-state index contributed by atoms with van der Waals surface area (Å²) in [4.78, 5) is 7.95. The molecule has 0 radical (unpaired) electrons. The zero-order chi connectivity index (χ0) is 9.97. The average molecular weight is 191 g/mol. The summed E-state index contributed by atoms with van der Waals surface area (Å²) in [6.07, 6.45) is 7.79. The first-order valence-corrected chi connectivity index (χ1v) is 5.27. The van der Waals surface area contributed by atoms with E-state index in [2.05, 4.69) is 29.1 Å². The van der Waals surface area contributed by atoms with Crippen molar-refractivity contribution in [3.63, 3.8) is 0 Å². The van der Waals surface area contributed by atoms with E-state index >= 15 is 0 Å². The second-order valence-electron chi connectivity index (χ2n) is 4.44. The van der Waals surface area contributed by atoms with Gasteiger partial charge in [0, 0.05) is 6.04 Å². The lowest BCUT2D eigenvalue weighted by molar-refractivity contribution is 0.212. The first-order chi connectivity index (χ1) is 6.75. The van der Waals surface area contributed by atoms with Crippen LogP contribution in [0.15, 0.2) is 18.7 Å². The van der Waals surface area contributed by atoms with Crippen LogP contribution >= 0.6 is 0 Å². The van der Waals surface area contributed by atoms with Crippen molar-refractivity contribution >= 4 is 5.69 Å². The van der Waals surface area contributed by atoms with Crippen molar-refractivity contribution in [1.29, 1.82) is 0 Å². The fourth-order valence-corrected chi connectivity index (χ4v) is 1.93. The number of hydrogen-bond donors (Lipinski definition) is 1. The minimum Gasteiger partial charge on any atom is -0.380 e. The summed E-state index contributed by atoms with van der Waals surface area (Å²) in [5.74, 6) is 1.72. The fourth-order valence-electron chi connectivity index (χ4n) is 1.93. The molecule has 1 aliphatic rings. The molecule has 0 aliphatic heterocycles. The van der Waals surface area contributed by atoms with Crippen molar-refractivity contribution in [2.75, 3.05) is 5.32 Å². The zero-order valence-electron chi connectivity index (χ0n) is 8.77. The number of nitrogens with zero attached hydrogens (tertiary/aromatic N) is 2. The molecule has 76 valence electrons. The van der Waals surface area contributed by atoms with Gasteiger partial charge in [-0.15, -0.1) is 0 Å². The number of anilines is 1. The molecule has 1 heterocycles. The third-order valence-corrected chi connectivity index (χ3v) is 3.05. The van der Waals surface area contributed by atoms with Crippen LogP contribution in [0.2, 0.25) is 0 Å². The Morgan fingerprint density at radius 3 is 2.50 bits per heavy atom. The number of hydrogen-bond acceptors (Lipinski definition) is 3. The topological polar surface area (TPSA) is 37.8 Å². The van der Waals surface area contributed by atoms with Gasteiger partial charge in [0.1, 0.15) is 6.33 Å². The SMILES string of the molecule is CC(C)C1CC(Nc2cncnc2)C1. The van der Waals surface area contributed by atoms with Crippen molar-refractivity contribution in [3.05, 3.63) is 18.7 Å². The van der Waals surface area contributed by atoms with Gasteiger partial charge < -0.3 is 5.32 Å². The van der Waals surface area contributed by atoms with Crippen LogP contribution < -0.4 is 5.32 Å². The molecule has 1 N–H and O–H groups in total. The van der Waals surface area contributed by atoms with Crippen LogP contribution in [-0.4, -0.2) is 16.0 Å². The Labute approximate surface area is 85.0 Å². The Balaban J connectivity index is 1.80. The van der Waals surface area contributed by atoms with Crippen molar-refractivity contribution in [1.82, 2.24) is 9.97 Å². The summed E-state index contributed by atoms with van der Waals surface area (Å²) < 4.78 is 0. The van der Waals surface area contributed by atoms with Gasteiger partial charge in [-0.25, -0.2) is 9.97 Å². The van der Waals surface area contributed by atoms with Crippen LogP contribution in [0.25, 0.3) is 0 Å². The molecule has 0 bridgehead atoms. The van der Waals surface area contributed by atoms with Gasteiger partial charge >= 0.3 is 0 Å². The lowest BCUT2D eigenvalue weighted by Gasteiger charge is -2.38. The molecular weight excluding hydrogens is 174 g/mol. The lowest BCUT2D eigenvalue weighted by atomic mass is 9.73. The van der Waals surface area contributed by atoms with E-state index in [1.807, 2.05) is 12.4 Å². The third-order valence-electron chi connectivity index (χ3n) is 3.05. The minimum atomic E-state index is 0.633. The van der Waals surface area contributed by atoms with Crippen LogP contribution in [0, 0.1) is 11.8 Å². The largest absolute Gasteiger partial charge is 0.380 e. The van der Waals surface area contributed by atoms with Gasteiger partial charge in [0.2, 0.25) is 0 Å². The van der Waals surface area contributed by atoms with Gasteiger partial charge in [0.25, 0.3) is 0 Å². The molecule has 2 rings (SSSR count). The van der Waals surface area contributed by atoms with Crippen molar-refractivity contribution in [3.8, 4) is 0 Å². The minimum absolute atomic E-state index is 0.633. The molecule has 1 fully saturated rings. The third kappa shape index (κ3) is 2.03. The van der Waals surface area contributed by atoms with Crippen LogP contribution in [0.1, 0.15) is 26.7 Å². The summed E-state index contributed by atoms with van der Waals surface area (Å²) in [5, 5.41) is 3.44. The Kier molecular flexibility index (Phi) is 2.66. The highest BCUT2D eigenvalue weighted by Gasteiger charge is 2.30. The summed E-state index contributed by atoms with van der Waals surface area (Å²) in [7, 11) is 0. The van der Waals surface area contributed by atoms with E-state index in [-0.39, 0.29) is 0 Å². The van der Waals surface area contributed by atoms with Crippen LogP contribution in [-0.2, 0) is 0 Å². The smallest absolute Gasteiger partial charge is 0.115 e. The van der Waals surface area contributed by atoms with Crippen molar-refractivity contribution < 1.29 is 0 Å². The maximum absolute atomic E-state index is 3.98. The first kappa shape index (κ1) is 9.44. The highest BCUT2D eigenvalue weighted by molar-refractivity contribution is 5.39. The molecule has 0 amide bonds. The van der Waals surface area contributed by atoms with Gasteiger partial charge in [-0.05, 0) is 24.7 Å². The molecule has 1 aromatic rings. The van der Waals surface area contributed by atoms with Gasteiger partial charge in [0.15, 0.2) is 0 Å². The molecule has 0 aromatic carbocycles. The Morgan fingerprint density at radius 1 is 1.29 bits per heavy atom. The Morgan fingerprint density at radius 2 is 1.93 bits per heavy atom. The summed E-state index contributed by atoms with van der Waals surface area (Å²) in [6.45, 7) is 4.60. The van der Waals surface area contributed by atoms with E-state index in [4.69, 9.17) is 0 Å². The summed E-state index contributed by atoms with van der Waals surface area (Å²) >= 11 is 0. The van der Waals surface area contributed by atoms with E-state index in [9.17, 15) is 0 Å². The number of aromatic nitrogens is 2. The van der Waals surface area contributed by atoms with E-state index in [0.29, 0.717) is 6.04 Å². The highest BCUT2D eigenvalue weighted by atomic mass is 15.0. The predicted molar refractivity (Wildman–Crippen MR) is 57.0 cm³/mol. The van der Waals surface area contributed by atoms with E-state index < -0.39 is 0 Å². The van der Waals surface area contributed by atoms with Gasteiger partial charge in [0.05, 0.1) is 18.1 Å². The molecule has 14 heavy (non-hydrogen) atoms. The average Bonchev–Trinajstić information content (AvgIpc) is 2.12. The molecule has 1 saturated carbocycles. The normalized spacial score (nSPS) is 25.9. The van der Waals surface area contributed by atoms with E-state index in [0.717, 1.165) is 17.5 Å². The van der Waals surface area contributed by atoms with E-state index in [1.165, 1.54) is 12.8 Å². The van der Waals surface area contributed by atoms with Gasteiger partial charge in [-0.1, -0.05) is 13.8 Å². The maximum Gasteiger partial charge on any atom is 0.115 e. The fraction of sp³-hybridized carbons (Fsp3) is 0.636. The predicted octanol–water partition coefficient (Wildman–Crippen LogP) is 2.32. The highest BCUT2D eigenvalue weighted by Crippen LogP contribution is 2.35. The second-order valence-corrected chi connectivity index (χ2v) is 4.44. The molecule has 1 aromatic heterocycles. The monoisotopic (exact) mass is 191 g/mol. The Bertz CT molecular complexity index is 278. The Hall–Kier alpha value is -1.12. The van der Waals surface area contributed by atoms with Crippen molar-refractivity contribution in [2.45, 2.75) is 32.7 Å². The molecule has 3 heteroatoms. The molecule has 3 nitrogen and oxygen atoms in total. The second kappa shape index (κ2) is 3.95. The molecular formula is C11H17N3. The lowest BCUT2D eigenvalue weighted by Crippen LogP contribution is -2.37. The van der Waals surface area contributed by atoms with Crippen LogP contribution in [0.3, 0.4) is 0 Å². The number of rotatable bonds is 3. The zero-order valence-corrected chi connectivity index (χ0v) is 8.77. The molecule has 0 unspecified atom stereocenters. The molecule has 1 aliphatic carbocycles. The molecule has 0 saturated heterocycles. The van der Waals surface area contributed by atoms with Crippen molar-refractivity contribution in [2.24, 2.45) is 11.8 Å². The van der Waals surface area contributed by atoms with E-state index in [1.54, 1.807) is 6.33 Å². The summed E-state index contributed by atoms with van der Waals surface area (Å²) in [5.41, 5.74) is 1.04. The standard InChI is InChI=1S/C11H17N3/c1-8(2)9-3-10(4-9)14-11-5-12-7-13-6-11/h5-10,14H,3-4H2,1-2H3. The van der Waals surface area contributed by atoms with Gasteiger partial charge in [-0.3, -0.25) is 0 Å². The molecule has 0 spiro atoms. The summed E-state index contributed by atoms with van der Waals surface area (Å²) in [6, 6.07) is 0.633. The van der Waals surface area contributed by atoms with Crippen LogP contribution in [0.5, 0.6) is 0 Å². The van der Waals surface area contributed by atoms with Gasteiger partial charge in [-0.2, -0.15) is 0 Å². The quantitative estimate of drug-likeness (QED) is 0.796. The number of nitrogens with one attached hydrogen (secondary N) is 1.